The standard InChI is InChI=1S/C13H21N3O3S/c1-2-16-20(17,18)13-6-4-3-5-12(13)15-10-11-9-14-7-8-19-11/h3-6,11,14-16H,2,7-10H2,1H3. The lowest BCUT2D eigenvalue weighted by atomic mass is 10.2. The van der Waals surface area contributed by atoms with Gasteiger partial charge in [0.25, 0.3) is 0 Å². The van der Waals surface area contributed by atoms with Crippen molar-refractivity contribution in [1.82, 2.24) is 10.0 Å². The largest absolute Gasteiger partial charge is 0.381 e. The van der Waals surface area contributed by atoms with Gasteiger partial charge in [0.15, 0.2) is 0 Å². The Labute approximate surface area is 120 Å². The van der Waals surface area contributed by atoms with Gasteiger partial charge in [-0.2, -0.15) is 0 Å². The molecule has 0 saturated carbocycles. The normalized spacial score (nSPS) is 19.8. The predicted molar refractivity (Wildman–Crippen MR) is 78.4 cm³/mol. The Hall–Kier alpha value is -1.15. The topological polar surface area (TPSA) is 79.5 Å². The van der Waals surface area contributed by atoms with Crippen LogP contribution >= 0.6 is 0 Å². The van der Waals surface area contributed by atoms with E-state index in [2.05, 4.69) is 15.4 Å². The van der Waals surface area contributed by atoms with Crippen LogP contribution in [0.25, 0.3) is 0 Å². The molecule has 112 valence electrons. The average molecular weight is 299 g/mol. The smallest absolute Gasteiger partial charge is 0.242 e. The third kappa shape index (κ3) is 3.92. The van der Waals surface area contributed by atoms with Crippen molar-refractivity contribution in [3.05, 3.63) is 24.3 Å². The molecule has 1 saturated heterocycles. The number of sulfonamides is 1. The van der Waals surface area contributed by atoms with Crippen LogP contribution in [0.15, 0.2) is 29.2 Å². The highest BCUT2D eigenvalue weighted by Gasteiger charge is 2.18. The van der Waals surface area contributed by atoms with E-state index < -0.39 is 10.0 Å². The number of ether oxygens (including phenoxy) is 1. The highest BCUT2D eigenvalue weighted by molar-refractivity contribution is 7.89. The Morgan fingerprint density at radius 2 is 2.20 bits per heavy atom. The molecule has 2 rings (SSSR count). The van der Waals surface area contributed by atoms with E-state index in [1.165, 1.54) is 0 Å². The molecule has 0 aliphatic carbocycles. The van der Waals surface area contributed by atoms with Gasteiger partial charge < -0.3 is 15.4 Å². The van der Waals surface area contributed by atoms with E-state index >= 15 is 0 Å². The summed E-state index contributed by atoms with van der Waals surface area (Å²) in [7, 11) is -3.46. The molecule has 0 aromatic heterocycles. The van der Waals surface area contributed by atoms with Crippen LogP contribution in [0.5, 0.6) is 0 Å². The first-order chi connectivity index (χ1) is 9.63. The molecule has 0 radical (unpaired) electrons. The van der Waals surface area contributed by atoms with Gasteiger partial charge in [-0.05, 0) is 12.1 Å². The average Bonchev–Trinajstić information content (AvgIpc) is 2.46. The summed E-state index contributed by atoms with van der Waals surface area (Å²) >= 11 is 0. The van der Waals surface area contributed by atoms with Crippen molar-refractivity contribution in [3.63, 3.8) is 0 Å². The number of hydrogen-bond donors (Lipinski definition) is 3. The third-order valence-electron chi connectivity index (χ3n) is 3.04. The zero-order valence-electron chi connectivity index (χ0n) is 11.6. The number of morpholine rings is 1. The summed E-state index contributed by atoms with van der Waals surface area (Å²) in [4.78, 5) is 0.269. The van der Waals surface area contributed by atoms with E-state index in [-0.39, 0.29) is 11.0 Å². The molecule has 0 amide bonds. The number of hydrogen-bond acceptors (Lipinski definition) is 5. The van der Waals surface area contributed by atoms with Gasteiger partial charge >= 0.3 is 0 Å². The fourth-order valence-electron chi connectivity index (χ4n) is 2.09. The van der Waals surface area contributed by atoms with Crippen LogP contribution in [-0.2, 0) is 14.8 Å². The van der Waals surface area contributed by atoms with Gasteiger partial charge in [0.1, 0.15) is 4.90 Å². The van der Waals surface area contributed by atoms with Gasteiger partial charge in [-0.3, -0.25) is 0 Å². The van der Waals surface area contributed by atoms with E-state index in [9.17, 15) is 8.42 Å². The summed E-state index contributed by atoms with van der Waals surface area (Å²) in [6, 6.07) is 6.89. The van der Waals surface area contributed by atoms with Crippen LogP contribution < -0.4 is 15.4 Å². The summed E-state index contributed by atoms with van der Waals surface area (Å²) in [6.45, 7) is 5.02. The molecule has 1 aromatic rings. The second kappa shape index (κ2) is 7.03. The molecule has 1 heterocycles. The maximum atomic E-state index is 12.1. The molecular formula is C13H21N3O3S. The van der Waals surface area contributed by atoms with E-state index in [4.69, 9.17) is 4.74 Å². The number of anilines is 1. The molecule has 1 aliphatic rings. The summed E-state index contributed by atoms with van der Waals surface area (Å²) < 4.78 is 32.3. The summed E-state index contributed by atoms with van der Waals surface area (Å²) in [5.74, 6) is 0. The van der Waals surface area contributed by atoms with Gasteiger partial charge in [-0.15, -0.1) is 0 Å². The molecule has 7 heteroatoms. The Kier molecular flexibility index (Phi) is 5.36. The molecule has 0 bridgehead atoms. The quantitative estimate of drug-likeness (QED) is 0.708. The van der Waals surface area contributed by atoms with Gasteiger partial charge in [0.05, 0.1) is 18.4 Å². The van der Waals surface area contributed by atoms with Crippen LogP contribution in [-0.4, -0.2) is 47.3 Å². The third-order valence-corrected chi connectivity index (χ3v) is 4.64. The van der Waals surface area contributed by atoms with Gasteiger partial charge in [-0.1, -0.05) is 19.1 Å². The molecule has 6 nitrogen and oxygen atoms in total. The number of benzene rings is 1. The summed E-state index contributed by atoms with van der Waals surface area (Å²) in [6.07, 6.45) is 0.0543. The van der Waals surface area contributed by atoms with Crippen molar-refractivity contribution in [2.75, 3.05) is 38.1 Å². The van der Waals surface area contributed by atoms with Crippen LogP contribution in [0.2, 0.25) is 0 Å². The SMILES string of the molecule is CCNS(=O)(=O)c1ccccc1NCC1CNCCO1. The van der Waals surface area contributed by atoms with Crippen molar-refractivity contribution >= 4 is 15.7 Å². The minimum atomic E-state index is -3.46. The van der Waals surface area contributed by atoms with Crippen molar-refractivity contribution in [3.8, 4) is 0 Å². The number of rotatable bonds is 6. The molecule has 1 atom stereocenters. The van der Waals surface area contributed by atoms with Crippen LogP contribution in [0, 0.1) is 0 Å². The first-order valence-electron chi connectivity index (χ1n) is 6.78. The van der Waals surface area contributed by atoms with Crippen molar-refractivity contribution < 1.29 is 13.2 Å². The minimum absolute atomic E-state index is 0.0543. The highest BCUT2D eigenvalue weighted by atomic mass is 32.2. The van der Waals surface area contributed by atoms with E-state index in [1.807, 2.05) is 6.07 Å². The fraction of sp³-hybridized carbons (Fsp3) is 0.538. The Balaban J connectivity index is 2.07. The lowest BCUT2D eigenvalue weighted by molar-refractivity contribution is 0.0372. The van der Waals surface area contributed by atoms with Crippen LogP contribution in [0.4, 0.5) is 5.69 Å². The molecule has 1 unspecified atom stereocenters. The predicted octanol–water partition coefficient (Wildman–Crippen LogP) is 0.385. The zero-order chi connectivity index (χ0) is 14.4. The maximum Gasteiger partial charge on any atom is 0.242 e. The Bertz CT molecular complexity index is 527. The molecule has 1 aromatic carbocycles. The molecule has 1 fully saturated rings. The molecule has 0 spiro atoms. The number of nitrogens with one attached hydrogen (secondary N) is 3. The summed E-state index contributed by atoms with van der Waals surface area (Å²) in [5.41, 5.74) is 0.600. The minimum Gasteiger partial charge on any atom is -0.381 e. The lowest BCUT2D eigenvalue weighted by Crippen LogP contribution is -2.42. The second-order valence-electron chi connectivity index (χ2n) is 4.58. The van der Waals surface area contributed by atoms with Gasteiger partial charge in [0.2, 0.25) is 10.0 Å². The molecule has 20 heavy (non-hydrogen) atoms. The monoisotopic (exact) mass is 299 g/mol. The van der Waals surface area contributed by atoms with E-state index in [1.54, 1.807) is 25.1 Å². The van der Waals surface area contributed by atoms with Gasteiger partial charge in [0, 0.05) is 26.2 Å². The van der Waals surface area contributed by atoms with Crippen molar-refractivity contribution in [1.29, 1.82) is 0 Å². The maximum absolute atomic E-state index is 12.1. The number of para-hydroxylation sites is 1. The molecule has 1 aliphatic heterocycles. The lowest BCUT2D eigenvalue weighted by Gasteiger charge is -2.24. The second-order valence-corrected chi connectivity index (χ2v) is 6.31. The van der Waals surface area contributed by atoms with Gasteiger partial charge in [-0.25, -0.2) is 13.1 Å². The first kappa shape index (κ1) is 15.2. The molecule has 3 N–H and O–H groups in total. The zero-order valence-corrected chi connectivity index (χ0v) is 12.4. The first-order valence-corrected chi connectivity index (χ1v) is 8.26. The fourth-order valence-corrected chi connectivity index (χ4v) is 3.31. The Morgan fingerprint density at radius 3 is 2.90 bits per heavy atom. The Morgan fingerprint density at radius 1 is 1.40 bits per heavy atom. The van der Waals surface area contributed by atoms with Crippen molar-refractivity contribution in [2.24, 2.45) is 0 Å². The van der Waals surface area contributed by atoms with Crippen LogP contribution in [0.1, 0.15) is 6.92 Å². The van der Waals surface area contributed by atoms with E-state index in [0.29, 0.717) is 25.4 Å². The van der Waals surface area contributed by atoms with Crippen LogP contribution in [0.3, 0.4) is 0 Å². The van der Waals surface area contributed by atoms with Crippen molar-refractivity contribution in [2.45, 2.75) is 17.9 Å². The highest BCUT2D eigenvalue weighted by Crippen LogP contribution is 2.20. The summed E-state index contributed by atoms with van der Waals surface area (Å²) in [5, 5.41) is 6.40. The van der Waals surface area contributed by atoms with E-state index in [0.717, 1.165) is 13.1 Å². The molecular weight excluding hydrogens is 278 g/mol.